The Bertz CT molecular complexity index is 642. The van der Waals surface area contributed by atoms with Crippen LogP contribution in [0.4, 0.5) is 9.18 Å². The van der Waals surface area contributed by atoms with Crippen molar-refractivity contribution >= 4 is 6.03 Å². The molecule has 122 valence electrons. The Kier molecular flexibility index (Phi) is 5.97. The molecule has 2 rings (SSSR count). The van der Waals surface area contributed by atoms with E-state index in [0.29, 0.717) is 12.1 Å². The highest BCUT2D eigenvalue weighted by Gasteiger charge is 2.04. The molecule has 2 amide bonds. The first kappa shape index (κ1) is 16.8. The lowest BCUT2D eigenvalue weighted by molar-refractivity contribution is 0.240. The Labute approximate surface area is 135 Å². The minimum absolute atomic E-state index is 0.128. The molecule has 2 aromatic rings. The van der Waals surface area contributed by atoms with Gasteiger partial charge in [-0.25, -0.2) is 9.18 Å². The topological polar surface area (TPSA) is 50.4 Å². The maximum Gasteiger partial charge on any atom is 0.315 e. The number of rotatable bonds is 6. The fraction of sp³-hybridized carbons (Fsp3) is 0.278. The molecule has 0 heterocycles. The molecule has 0 saturated heterocycles. The van der Waals surface area contributed by atoms with Crippen LogP contribution < -0.4 is 15.4 Å². The van der Waals surface area contributed by atoms with Crippen molar-refractivity contribution in [2.75, 3.05) is 0 Å². The first-order chi connectivity index (χ1) is 11.0. The van der Waals surface area contributed by atoms with Crippen molar-refractivity contribution in [2.24, 2.45) is 0 Å². The number of hydrogen-bond donors (Lipinski definition) is 2. The first-order valence-corrected chi connectivity index (χ1v) is 7.55. The van der Waals surface area contributed by atoms with E-state index in [0.717, 1.165) is 11.3 Å². The number of urea groups is 1. The van der Waals surface area contributed by atoms with Gasteiger partial charge in [0.05, 0.1) is 6.10 Å². The van der Waals surface area contributed by atoms with Gasteiger partial charge in [-0.2, -0.15) is 0 Å². The molecule has 2 N–H and O–H groups in total. The lowest BCUT2D eigenvalue weighted by Gasteiger charge is -2.11. The lowest BCUT2D eigenvalue weighted by atomic mass is 10.2. The van der Waals surface area contributed by atoms with Crippen LogP contribution in [0.3, 0.4) is 0 Å². The van der Waals surface area contributed by atoms with Crippen LogP contribution in [-0.2, 0) is 13.1 Å². The highest BCUT2D eigenvalue weighted by Crippen LogP contribution is 2.13. The monoisotopic (exact) mass is 316 g/mol. The molecule has 0 aliphatic carbocycles. The number of carbonyl (C=O) groups is 1. The van der Waals surface area contributed by atoms with Crippen molar-refractivity contribution in [3.63, 3.8) is 0 Å². The number of nitrogens with one attached hydrogen (secondary N) is 2. The summed E-state index contributed by atoms with van der Waals surface area (Å²) in [7, 11) is 0. The zero-order valence-electron chi connectivity index (χ0n) is 13.3. The molecule has 0 radical (unpaired) electrons. The SMILES string of the molecule is CC(C)Oc1ccc(CNC(=O)NCc2ccccc2F)cc1. The van der Waals surface area contributed by atoms with Crippen LogP contribution in [0.5, 0.6) is 5.75 Å². The van der Waals surface area contributed by atoms with Gasteiger partial charge in [0.15, 0.2) is 0 Å². The van der Waals surface area contributed by atoms with Crippen LogP contribution in [0.2, 0.25) is 0 Å². The summed E-state index contributed by atoms with van der Waals surface area (Å²) in [6, 6.07) is 13.6. The maximum absolute atomic E-state index is 13.4. The van der Waals surface area contributed by atoms with E-state index in [2.05, 4.69) is 10.6 Å². The largest absolute Gasteiger partial charge is 0.491 e. The third-order valence-electron chi connectivity index (χ3n) is 3.15. The molecule has 0 aliphatic rings. The number of hydrogen-bond acceptors (Lipinski definition) is 2. The van der Waals surface area contributed by atoms with Gasteiger partial charge >= 0.3 is 6.03 Å². The molecule has 4 nitrogen and oxygen atoms in total. The van der Waals surface area contributed by atoms with E-state index in [9.17, 15) is 9.18 Å². The van der Waals surface area contributed by atoms with Crippen molar-refractivity contribution in [1.82, 2.24) is 10.6 Å². The van der Waals surface area contributed by atoms with Crippen molar-refractivity contribution < 1.29 is 13.9 Å². The standard InChI is InChI=1S/C18H21FN2O2/c1-13(2)23-16-9-7-14(8-10-16)11-20-18(22)21-12-15-5-3-4-6-17(15)19/h3-10,13H,11-12H2,1-2H3,(H2,20,21,22). The second-order valence-electron chi connectivity index (χ2n) is 5.44. The summed E-state index contributed by atoms with van der Waals surface area (Å²) < 4.78 is 19.0. The Morgan fingerprint density at radius 2 is 1.70 bits per heavy atom. The summed E-state index contributed by atoms with van der Waals surface area (Å²) >= 11 is 0. The number of benzene rings is 2. The fourth-order valence-corrected chi connectivity index (χ4v) is 2.02. The third-order valence-corrected chi connectivity index (χ3v) is 3.15. The molecule has 0 saturated carbocycles. The molecule has 0 unspecified atom stereocenters. The van der Waals surface area contributed by atoms with E-state index >= 15 is 0 Å². The third kappa shape index (κ3) is 5.62. The van der Waals surface area contributed by atoms with Gasteiger partial charge in [-0.05, 0) is 37.6 Å². The molecule has 23 heavy (non-hydrogen) atoms. The zero-order chi connectivity index (χ0) is 16.7. The molecule has 0 aliphatic heterocycles. The van der Waals surface area contributed by atoms with E-state index in [-0.39, 0.29) is 24.5 Å². The van der Waals surface area contributed by atoms with Gasteiger partial charge in [0.25, 0.3) is 0 Å². The van der Waals surface area contributed by atoms with Gasteiger partial charge in [-0.15, -0.1) is 0 Å². The molecule has 0 aromatic heterocycles. The van der Waals surface area contributed by atoms with Crippen molar-refractivity contribution in [2.45, 2.75) is 33.0 Å². The van der Waals surface area contributed by atoms with Crippen molar-refractivity contribution in [3.05, 3.63) is 65.5 Å². The molecule has 0 bridgehead atoms. The summed E-state index contributed by atoms with van der Waals surface area (Å²) in [4.78, 5) is 11.7. The summed E-state index contributed by atoms with van der Waals surface area (Å²) in [5.74, 6) is 0.473. The summed E-state index contributed by atoms with van der Waals surface area (Å²) in [6.07, 6.45) is 0.128. The van der Waals surface area contributed by atoms with Gasteiger partial charge in [0.1, 0.15) is 11.6 Å². The van der Waals surface area contributed by atoms with Crippen molar-refractivity contribution in [3.8, 4) is 5.75 Å². The average molecular weight is 316 g/mol. The van der Waals surface area contributed by atoms with Gasteiger partial charge in [0.2, 0.25) is 0 Å². The lowest BCUT2D eigenvalue weighted by Crippen LogP contribution is -2.34. The Balaban J connectivity index is 1.77. The average Bonchev–Trinajstić information content (AvgIpc) is 2.53. The summed E-state index contributed by atoms with van der Waals surface area (Å²) in [5.41, 5.74) is 1.42. The minimum Gasteiger partial charge on any atom is -0.491 e. The van der Waals surface area contributed by atoms with Crippen LogP contribution in [0, 0.1) is 5.82 Å². The second kappa shape index (κ2) is 8.17. The van der Waals surface area contributed by atoms with Crippen LogP contribution >= 0.6 is 0 Å². The fourth-order valence-electron chi connectivity index (χ4n) is 2.02. The van der Waals surface area contributed by atoms with Gasteiger partial charge in [0, 0.05) is 18.7 Å². The normalized spacial score (nSPS) is 10.4. The van der Waals surface area contributed by atoms with Gasteiger partial charge < -0.3 is 15.4 Å². The maximum atomic E-state index is 13.4. The molecule has 0 atom stereocenters. The number of ether oxygens (including phenoxy) is 1. The van der Waals surface area contributed by atoms with Gasteiger partial charge in [-0.1, -0.05) is 30.3 Å². The van der Waals surface area contributed by atoms with E-state index in [1.54, 1.807) is 18.2 Å². The second-order valence-corrected chi connectivity index (χ2v) is 5.44. The van der Waals surface area contributed by atoms with E-state index in [1.165, 1.54) is 6.07 Å². The predicted molar refractivity (Wildman–Crippen MR) is 87.7 cm³/mol. The van der Waals surface area contributed by atoms with Crippen LogP contribution in [0.1, 0.15) is 25.0 Å². The molecule has 0 fully saturated rings. The Hall–Kier alpha value is -2.56. The first-order valence-electron chi connectivity index (χ1n) is 7.55. The smallest absolute Gasteiger partial charge is 0.315 e. The predicted octanol–water partition coefficient (Wildman–Crippen LogP) is 3.61. The Morgan fingerprint density at radius 3 is 2.35 bits per heavy atom. The molecular weight excluding hydrogens is 295 g/mol. The zero-order valence-corrected chi connectivity index (χ0v) is 13.3. The van der Waals surface area contributed by atoms with E-state index in [4.69, 9.17) is 4.74 Å². The highest BCUT2D eigenvalue weighted by atomic mass is 19.1. The summed E-state index contributed by atoms with van der Waals surface area (Å²) in [5, 5.41) is 5.37. The number of carbonyl (C=O) groups excluding carboxylic acids is 1. The van der Waals surface area contributed by atoms with E-state index < -0.39 is 0 Å². The summed E-state index contributed by atoms with van der Waals surface area (Å²) in [6.45, 7) is 4.48. The van der Waals surface area contributed by atoms with Crippen LogP contribution in [0.25, 0.3) is 0 Å². The molecular formula is C18H21FN2O2. The minimum atomic E-state index is -0.337. The molecule has 0 spiro atoms. The number of amides is 2. The molecule has 2 aromatic carbocycles. The number of halogens is 1. The quantitative estimate of drug-likeness (QED) is 0.855. The van der Waals surface area contributed by atoms with Crippen LogP contribution in [0.15, 0.2) is 48.5 Å². The van der Waals surface area contributed by atoms with Crippen molar-refractivity contribution in [1.29, 1.82) is 0 Å². The highest BCUT2D eigenvalue weighted by molar-refractivity contribution is 5.73. The van der Waals surface area contributed by atoms with Gasteiger partial charge in [-0.3, -0.25) is 0 Å². The van der Waals surface area contributed by atoms with E-state index in [1.807, 2.05) is 38.1 Å². The Morgan fingerprint density at radius 1 is 1.04 bits per heavy atom. The molecule has 5 heteroatoms. The van der Waals surface area contributed by atoms with Crippen LogP contribution in [-0.4, -0.2) is 12.1 Å².